The van der Waals surface area contributed by atoms with Crippen molar-refractivity contribution in [3.63, 3.8) is 0 Å². The van der Waals surface area contributed by atoms with E-state index in [0.29, 0.717) is 10.6 Å². The molecule has 1 aromatic rings. The van der Waals surface area contributed by atoms with Crippen molar-refractivity contribution in [1.82, 2.24) is 0 Å². The SMILES string of the molecule is CC[C@@H](N)c1c(Br)ccc(Cl)c1O.Cl. The lowest BCUT2D eigenvalue weighted by Gasteiger charge is -2.14. The number of hydrogen-bond donors (Lipinski definition) is 2. The summed E-state index contributed by atoms with van der Waals surface area (Å²) in [4.78, 5) is 0. The number of aromatic hydroxyl groups is 1. The van der Waals surface area contributed by atoms with Gasteiger partial charge in [-0.15, -0.1) is 12.4 Å². The van der Waals surface area contributed by atoms with Gasteiger partial charge in [0.2, 0.25) is 0 Å². The predicted molar refractivity (Wildman–Crippen MR) is 65.3 cm³/mol. The number of hydrogen-bond acceptors (Lipinski definition) is 2. The fourth-order valence-corrected chi connectivity index (χ4v) is 1.89. The van der Waals surface area contributed by atoms with Gasteiger partial charge >= 0.3 is 0 Å². The molecule has 1 rings (SSSR count). The van der Waals surface area contributed by atoms with Crippen molar-refractivity contribution >= 4 is 39.9 Å². The quantitative estimate of drug-likeness (QED) is 0.876. The molecule has 0 aliphatic rings. The van der Waals surface area contributed by atoms with Crippen LogP contribution in [-0.4, -0.2) is 5.11 Å². The molecule has 0 aliphatic carbocycles. The Morgan fingerprint density at radius 2 is 2.14 bits per heavy atom. The summed E-state index contributed by atoms with van der Waals surface area (Å²) in [5.41, 5.74) is 6.49. The van der Waals surface area contributed by atoms with E-state index in [1.807, 2.05) is 6.92 Å². The molecule has 0 saturated carbocycles. The molecule has 1 atom stereocenters. The first-order valence-corrected chi connectivity index (χ1v) is 5.17. The summed E-state index contributed by atoms with van der Waals surface area (Å²) in [7, 11) is 0. The van der Waals surface area contributed by atoms with E-state index >= 15 is 0 Å². The van der Waals surface area contributed by atoms with Crippen LogP contribution in [0.3, 0.4) is 0 Å². The van der Waals surface area contributed by atoms with Crippen molar-refractivity contribution in [2.24, 2.45) is 5.73 Å². The molecule has 1 aromatic carbocycles. The highest BCUT2D eigenvalue weighted by molar-refractivity contribution is 9.10. The van der Waals surface area contributed by atoms with Crippen LogP contribution in [0.15, 0.2) is 16.6 Å². The summed E-state index contributed by atoms with van der Waals surface area (Å²) >= 11 is 9.08. The van der Waals surface area contributed by atoms with E-state index < -0.39 is 0 Å². The average molecular weight is 301 g/mol. The van der Waals surface area contributed by atoms with E-state index in [0.717, 1.165) is 10.9 Å². The fourth-order valence-electron chi connectivity index (χ4n) is 1.11. The summed E-state index contributed by atoms with van der Waals surface area (Å²) in [5.74, 6) is 0.0744. The fraction of sp³-hybridized carbons (Fsp3) is 0.333. The largest absolute Gasteiger partial charge is 0.506 e. The Kier molecular flexibility index (Phi) is 5.83. The third-order valence-corrected chi connectivity index (χ3v) is 2.92. The Morgan fingerprint density at radius 3 is 2.64 bits per heavy atom. The molecule has 80 valence electrons. The topological polar surface area (TPSA) is 46.2 Å². The first-order chi connectivity index (χ1) is 6.07. The minimum Gasteiger partial charge on any atom is -0.506 e. The van der Waals surface area contributed by atoms with Crippen molar-refractivity contribution in [3.05, 3.63) is 27.2 Å². The maximum absolute atomic E-state index is 9.64. The Hall–Kier alpha value is 0.0400. The zero-order chi connectivity index (χ0) is 10.0. The molecular formula is C9H12BrCl2NO. The molecule has 14 heavy (non-hydrogen) atoms. The number of phenolic OH excluding ortho intramolecular Hbond substituents is 1. The number of halogens is 3. The Morgan fingerprint density at radius 1 is 1.57 bits per heavy atom. The van der Waals surface area contributed by atoms with E-state index in [2.05, 4.69) is 15.9 Å². The normalized spacial score (nSPS) is 12.0. The van der Waals surface area contributed by atoms with Crippen LogP contribution in [0.2, 0.25) is 5.02 Å². The third-order valence-electron chi connectivity index (χ3n) is 1.93. The van der Waals surface area contributed by atoms with Gasteiger partial charge in [-0.2, -0.15) is 0 Å². The number of nitrogens with two attached hydrogens (primary N) is 1. The minimum atomic E-state index is -0.187. The summed E-state index contributed by atoms with van der Waals surface area (Å²) in [6.07, 6.45) is 0.756. The van der Waals surface area contributed by atoms with E-state index in [1.54, 1.807) is 12.1 Å². The molecule has 0 aromatic heterocycles. The number of benzene rings is 1. The second kappa shape index (κ2) is 5.81. The van der Waals surface area contributed by atoms with Gasteiger partial charge in [-0.3, -0.25) is 0 Å². The van der Waals surface area contributed by atoms with Crippen LogP contribution in [0, 0.1) is 0 Å². The highest BCUT2D eigenvalue weighted by atomic mass is 79.9. The summed E-state index contributed by atoms with van der Waals surface area (Å²) < 4.78 is 0.795. The van der Waals surface area contributed by atoms with Gasteiger partial charge < -0.3 is 10.8 Å². The molecule has 0 bridgehead atoms. The number of rotatable bonds is 2. The van der Waals surface area contributed by atoms with Crippen LogP contribution in [0.25, 0.3) is 0 Å². The van der Waals surface area contributed by atoms with Gasteiger partial charge in [-0.05, 0) is 18.6 Å². The van der Waals surface area contributed by atoms with Crippen LogP contribution in [0.1, 0.15) is 24.9 Å². The first-order valence-electron chi connectivity index (χ1n) is 4.00. The van der Waals surface area contributed by atoms with Crippen LogP contribution in [0.5, 0.6) is 5.75 Å². The standard InChI is InChI=1S/C9H11BrClNO.ClH/c1-2-7(12)8-5(10)3-4-6(11)9(8)13;/h3-4,7,13H,2,12H2,1H3;1H/t7-;/m1./s1. The zero-order valence-electron chi connectivity index (χ0n) is 7.63. The second-order valence-corrected chi connectivity index (χ2v) is 4.07. The van der Waals surface area contributed by atoms with Gasteiger partial charge in [0.05, 0.1) is 5.02 Å². The monoisotopic (exact) mass is 299 g/mol. The zero-order valence-corrected chi connectivity index (χ0v) is 10.8. The molecular weight excluding hydrogens is 289 g/mol. The average Bonchev–Trinajstić information content (AvgIpc) is 2.12. The molecule has 0 fully saturated rings. The summed E-state index contributed by atoms with van der Waals surface area (Å²) in [5, 5.41) is 9.97. The Labute approximate surface area is 103 Å². The van der Waals surface area contributed by atoms with Crippen molar-refractivity contribution in [2.45, 2.75) is 19.4 Å². The van der Waals surface area contributed by atoms with Crippen LogP contribution >= 0.6 is 39.9 Å². The van der Waals surface area contributed by atoms with E-state index in [-0.39, 0.29) is 24.2 Å². The van der Waals surface area contributed by atoms with E-state index in [1.165, 1.54) is 0 Å². The van der Waals surface area contributed by atoms with E-state index in [4.69, 9.17) is 17.3 Å². The van der Waals surface area contributed by atoms with Gasteiger partial charge in [0, 0.05) is 16.1 Å². The number of phenols is 1. The van der Waals surface area contributed by atoms with Crippen LogP contribution in [0.4, 0.5) is 0 Å². The highest BCUT2D eigenvalue weighted by Crippen LogP contribution is 2.37. The molecule has 0 aliphatic heterocycles. The van der Waals surface area contributed by atoms with Gasteiger partial charge in [0.1, 0.15) is 5.75 Å². The maximum Gasteiger partial charge on any atom is 0.140 e. The van der Waals surface area contributed by atoms with Crippen molar-refractivity contribution in [3.8, 4) is 5.75 Å². The van der Waals surface area contributed by atoms with Crippen LogP contribution in [-0.2, 0) is 0 Å². The minimum absolute atomic E-state index is 0. The molecule has 0 unspecified atom stereocenters. The molecule has 0 radical (unpaired) electrons. The van der Waals surface area contributed by atoms with Gasteiger partial charge in [-0.1, -0.05) is 34.5 Å². The van der Waals surface area contributed by atoms with Crippen LogP contribution < -0.4 is 5.73 Å². The molecule has 2 nitrogen and oxygen atoms in total. The molecule has 5 heteroatoms. The summed E-state index contributed by atoms with van der Waals surface area (Å²) in [6, 6.07) is 3.23. The lowest BCUT2D eigenvalue weighted by molar-refractivity contribution is 0.459. The van der Waals surface area contributed by atoms with Crippen molar-refractivity contribution in [1.29, 1.82) is 0 Å². The van der Waals surface area contributed by atoms with Gasteiger partial charge in [0.25, 0.3) is 0 Å². The van der Waals surface area contributed by atoms with Crippen molar-refractivity contribution < 1.29 is 5.11 Å². The Balaban J connectivity index is 0.00000169. The predicted octanol–water partition coefficient (Wildman–Crippen LogP) is 3.64. The molecule has 0 heterocycles. The maximum atomic E-state index is 9.64. The van der Waals surface area contributed by atoms with Gasteiger partial charge in [0.15, 0.2) is 0 Å². The second-order valence-electron chi connectivity index (χ2n) is 2.81. The lowest BCUT2D eigenvalue weighted by atomic mass is 10.0. The Bertz CT molecular complexity index is 320. The van der Waals surface area contributed by atoms with Gasteiger partial charge in [-0.25, -0.2) is 0 Å². The molecule has 0 amide bonds. The lowest BCUT2D eigenvalue weighted by Crippen LogP contribution is -2.09. The molecule has 0 spiro atoms. The summed E-state index contributed by atoms with van der Waals surface area (Å²) in [6.45, 7) is 1.96. The third kappa shape index (κ3) is 2.76. The van der Waals surface area contributed by atoms with Crippen molar-refractivity contribution in [2.75, 3.05) is 0 Å². The first kappa shape index (κ1) is 14.0. The van der Waals surface area contributed by atoms with E-state index in [9.17, 15) is 5.11 Å². The highest BCUT2D eigenvalue weighted by Gasteiger charge is 2.15. The molecule has 3 N–H and O–H groups in total. The molecule has 0 saturated heterocycles. The smallest absolute Gasteiger partial charge is 0.140 e.